The lowest BCUT2D eigenvalue weighted by molar-refractivity contribution is -0.123. The van der Waals surface area contributed by atoms with Gasteiger partial charge in [0.05, 0.1) is 6.21 Å². The molecule has 2 aromatic rings. The van der Waals surface area contributed by atoms with E-state index in [0.717, 1.165) is 18.4 Å². The number of hydrogen-bond acceptors (Lipinski definition) is 3. The van der Waals surface area contributed by atoms with Gasteiger partial charge in [-0.15, -0.1) is 0 Å². The van der Waals surface area contributed by atoms with E-state index >= 15 is 0 Å². The number of hydrogen-bond donors (Lipinski definition) is 1. The number of carbonyl (C=O) groups excluding carboxylic acids is 1. The lowest BCUT2D eigenvalue weighted by Gasteiger charge is -2.11. The Morgan fingerprint density at radius 2 is 1.88 bits per heavy atom. The lowest BCUT2D eigenvalue weighted by atomic mass is 9.97. The maximum atomic E-state index is 11.8. The smallest absolute Gasteiger partial charge is 0.277 e. The van der Waals surface area contributed by atoms with Crippen LogP contribution in [0.25, 0.3) is 0 Å². The highest BCUT2D eigenvalue weighted by Crippen LogP contribution is 2.22. The predicted octanol–water partition coefficient (Wildman–Crippen LogP) is 4.77. The maximum absolute atomic E-state index is 11.8. The highest BCUT2D eigenvalue weighted by atomic mass is 35.5. The van der Waals surface area contributed by atoms with Gasteiger partial charge in [0.15, 0.2) is 6.61 Å². The van der Waals surface area contributed by atoms with Crippen LogP contribution in [0.2, 0.25) is 5.02 Å². The van der Waals surface area contributed by atoms with Crippen molar-refractivity contribution in [2.45, 2.75) is 32.6 Å². The van der Waals surface area contributed by atoms with E-state index in [0.29, 0.717) is 16.7 Å². The molecule has 1 atom stereocenters. The summed E-state index contributed by atoms with van der Waals surface area (Å²) in [4.78, 5) is 11.8. The van der Waals surface area contributed by atoms with Crippen molar-refractivity contribution in [1.29, 1.82) is 0 Å². The Labute approximate surface area is 153 Å². The summed E-state index contributed by atoms with van der Waals surface area (Å²) < 4.78 is 5.48. The topological polar surface area (TPSA) is 50.7 Å². The molecule has 0 saturated heterocycles. The summed E-state index contributed by atoms with van der Waals surface area (Å²) in [5.74, 6) is 0.891. The van der Waals surface area contributed by atoms with Gasteiger partial charge in [-0.3, -0.25) is 4.79 Å². The third-order valence-corrected chi connectivity index (χ3v) is 4.07. The van der Waals surface area contributed by atoms with E-state index in [4.69, 9.17) is 16.3 Å². The molecule has 1 N–H and O–H groups in total. The van der Waals surface area contributed by atoms with Gasteiger partial charge in [-0.25, -0.2) is 5.43 Å². The lowest BCUT2D eigenvalue weighted by Crippen LogP contribution is -2.24. The fourth-order valence-electron chi connectivity index (χ4n) is 2.40. The standard InChI is InChI=1S/C20H23ClN2O2/c1-3-4-15(2)17-7-11-19(12-8-17)25-14-20(24)23-22-13-16-5-9-18(21)10-6-16/h5-13,15H,3-4,14H2,1-2H3,(H,23,24)/b22-13-/t15-/m0/s1. The molecule has 2 aromatic carbocycles. The Hall–Kier alpha value is -2.33. The summed E-state index contributed by atoms with van der Waals surface area (Å²) in [5.41, 5.74) is 4.57. The number of halogens is 1. The Kier molecular flexibility index (Phi) is 7.48. The highest BCUT2D eigenvalue weighted by molar-refractivity contribution is 6.30. The zero-order valence-electron chi connectivity index (χ0n) is 14.5. The van der Waals surface area contributed by atoms with Gasteiger partial charge in [0.25, 0.3) is 5.91 Å². The van der Waals surface area contributed by atoms with Gasteiger partial charge in [0.2, 0.25) is 0 Å². The molecule has 0 aromatic heterocycles. The van der Waals surface area contributed by atoms with E-state index < -0.39 is 0 Å². The predicted molar refractivity (Wildman–Crippen MR) is 102 cm³/mol. The summed E-state index contributed by atoms with van der Waals surface area (Å²) in [7, 11) is 0. The van der Waals surface area contributed by atoms with Gasteiger partial charge in [0, 0.05) is 5.02 Å². The van der Waals surface area contributed by atoms with E-state index in [1.807, 2.05) is 36.4 Å². The minimum absolute atomic E-state index is 0.0815. The normalized spacial score (nSPS) is 12.1. The largest absolute Gasteiger partial charge is 0.484 e. The number of rotatable bonds is 8. The van der Waals surface area contributed by atoms with Crippen LogP contribution >= 0.6 is 11.6 Å². The molecule has 5 heteroatoms. The van der Waals surface area contributed by atoms with Crippen LogP contribution in [0.1, 0.15) is 43.7 Å². The molecule has 0 spiro atoms. The minimum atomic E-state index is -0.311. The van der Waals surface area contributed by atoms with Crippen molar-refractivity contribution in [3.05, 3.63) is 64.7 Å². The molecule has 0 aliphatic carbocycles. The van der Waals surface area contributed by atoms with Crippen molar-refractivity contribution in [3.8, 4) is 5.75 Å². The van der Waals surface area contributed by atoms with Gasteiger partial charge < -0.3 is 4.74 Å². The zero-order chi connectivity index (χ0) is 18.1. The van der Waals surface area contributed by atoms with Gasteiger partial charge >= 0.3 is 0 Å². The van der Waals surface area contributed by atoms with Crippen LogP contribution in [0.3, 0.4) is 0 Å². The van der Waals surface area contributed by atoms with Crippen molar-refractivity contribution in [2.75, 3.05) is 6.61 Å². The van der Waals surface area contributed by atoms with Gasteiger partial charge in [-0.05, 0) is 47.7 Å². The first-order valence-corrected chi connectivity index (χ1v) is 8.76. The average Bonchev–Trinajstić information content (AvgIpc) is 2.62. The fraction of sp³-hybridized carbons (Fsp3) is 0.300. The van der Waals surface area contributed by atoms with Crippen LogP contribution in [-0.2, 0) is 4.79 Å². The number of hydrazone groups is 1. The molecule has 132 valence electrons. The van der Waals surface area contributed by atoms with Crippen LogP contribution in [0.4, 0.5) is 0 Å². The van der Waals surface area contributed by atoms with Crippen molar-refractivity contribution in [3.63, 3.8) is 0 Å². The number of benzene rings is 2. The number of nitrogens with one attached hydrogen (secondary N) is 1. The first-order chi connectivity index (χ1) is 12.1. The summed E-state index contributed by atoms with van der Waals surface area (Å²) in [6.45, 7) is 4.31. The molecule has 0 aliphatic heterocycles. The Balaban J connectivity index is 1.76. The van der Waals surface area contributed by atoms with E-state index in [1.54, 1.807) is 18.3 Å². The van der Waals surface area contributed by atoms with E-state index in [1.165, 1.54) is 5.56 Å². The Bertz CT molecular complexity index is 697. The van der Waals surface area contributed by atoms with Gasteiger partial charge in [-0.1, -0.05) is 56.1 Å². The first-order valence-electron chi connectivity index (χ1n) is 8.38. The minimum Gasteiger partial charge on any atom is -0.484 e. The zero-order valence-corrected chi connectivity index (χ0v) is 15.3. The van der Waals surface area contributed by atoms with Crippen molar-refractivity contribution >= 4 is 23.7 Å². The molecular weight excluding hydrogens is 336 g/mol. The summed E-state index contributed by atoms with van der Waals surface area (Å²) in [6.07, 6.45) is 3.88. The van der Waals surface area contributed by atoms with Gasteiger partial charge in [0.1, 0.15) is 5.75 Å². The number of ether oxygens (including phenoxy) is 1. The average molecular weight is 359 g/mol. The summed E-state index contributed by atoms with van der Waals surface area (Å²) in [5, 5.41) is 4.55. The molecule has 0 bridgehead atoms. The van der Waals surface area contributed by atoms with Gasteiger partial charge in [-0.2, -0.15) is 5.10 Å². The molecule has 0 fully saturated rings. The quantitative estimate of drug-likeness (QED) is 0.545. The second-order valence-electron chi connectivity index (χ2n) is 5.89. The van der Waals surface area contributed by atoms with Crippen LogP contribution < -0.4 is 10.2 Å². The second kappa shape index (κ2) is 9.84. The van der Waals surface area contributed by atoms with E-state index in [-0.39, 0.29) is 12.5 Å². The Morgan fingerprint density at radius 1 is 1.20 bits per heavy atom. The van der Waals surface area contributed by atoms with Crippen molar-refractivity contribution < 1.29 is 9.53 Å². The van der Waals surface area contributed by atoms with Crippen LogP contribution in [0.5, 0.6) is 5.75 Å². The fourth-order valence-corrected chi connectivity index (χ4v) is 2.53. The molecule has 1 amide bonds. The maximum Gasteiger partial charge on any atom is 0.277 e. The molecule has 0 unspecified atom stereocenters. The monoisotopic (exact) mass is 358 g/mol. The molecule has 25 heavy (non-hydrogen) atoms. The number of nitrogens with zero attached hydrogens (tertiary/aromatic N) is 1. The highest BCUT2D eigenvalue weighted by Gasteiger charge is 2.05. The molecule has 0 saturated carbocycles. The van der Waals surface area contributed by atoms with Crippen LogP contribution in [-0.4, -0.2) is 18.7 Å². The van der Waals surface area contributed by atoms with Crippen LogP contribution in [0.15, 0.2) is 53.6 Å². The first kappa shape index (κ1) is 19.0. The summed E-state index contributed by atoms with van der Waals surface area (Å²) in [6, 6.07) is 15.0. The van der Waals surface area contributed by atoms with Crippen LogP contribution in [0, 0.1) is 0 Å². The Morgan fingerprint density at radius 3 is 2.52 bits per heavy atom. The molecule has 0 radical (unpaired) electrons. The second-order valence-corrected chi connectivity index (χ2v) is 6.33. The molecular formula is C20H23ClN2O2. The van der Waals surface area contributed by atoms with E-state index in [9.17, 15) is 4.79 Å². The number of amides is 1. The SMILES string of the molecule is CCC[C@H](C)c1ccc(OCC(=O)N/N=C\c2ccc(Cl)cc2)cc1. The van der Waals surface area contributed by atoms with E-state index in [2.05, 4.69) is 24.4 Å². The molecule has 0 heterocycles. The molecule has 0 aliphatic rings. The molecule has 4 nitrogen and oxygen atoms in total. The van der Waals surface area contributed by atoms with Crippen molar-refractivity contribution in [1.82, 2.24) is 5.43 Å². The third-order valence-electron chi connectivity index (χ3n) is 3.81. The molecule has 2 rings (SSSR count). The number of carbonyl (C=O) groups is 1. The third kappa shape index (κ3) is 6.59. The summed E-state index contributed by atoms with van der Waals surface area (Å²) >= 11 is 5.81. The van der Waals surface area contributed by atoms with Crippen molar-refractivity contribution in [2.24, 2.45) is 5.10 Å².